The van der Waals surface area contributed by atoms with E-state index < -0.39 is 0 Å². The van der Waals surface area contributed by atoms with Gasteiger partial charge in [-0.25, -0.2) is 4.68 Å². The van der Waals surface area contributed by atoms with Crippen molar-refractivity contribution >= 4 is 10.9 Å². The van der Waals surface area contributed by atoms with Gasteiger partial charge in [0, 0.05) is 38.3 Å². The van der Waals surface area contributed by atoms with Crippen LogP contribution >= 0.6 is 0 Å². The van der Waals surface area contributed by atoms with Crippen LogP contribution in [0.5, 0.6) is 0 Å². The highest BCUT2D eigenvalue weighted by Gasteiger charge is 2.30. The Morgan fingerprint density at radius 1 is 1.22 bits per heavy atom. The summed E-state index contributed by atoms with van der Waals surface area (Å²) in [6.07, 6.45) is 6.69. The van der Waals surface area contributed by atoms with E-state index in [1.165, 1.54) is 12.8 Å². The van der Waals surface area contributed by atoms with Gasteiger partial charge in [-0.1, -0.05) is 44.4 Å². The lowest BCUT2D eigenvalue weighted by atomic mass is 10.1. The Morgan fingerprint density at radius 2 is 2.03 bits per heavy atom. The quantitative estimate of drug-likeness (QED) is 0.461. The van der Waals surface area contributed by atoms with Gasteiger partial charge in [-0.3, -0.25) is 14.6 Å². The number of nitrogens with one attached hydrogen (secondary N) is 1. The molecule has 194 valence electrons. The Kier molecular flexibility index (Phi) is 8.09. The number of H-pyrrole nitrogens is 1. The van der Waals surface area contributed by atoms with Crippen molar-refractivity contribution in [3.8, 4) is 0 Å². The highest BCUT2D eigenvalue weighted by Crippen LogP contribution is 2.33. The first-order chi connectivity index (χ1) is 17.6. The fraction of sp³-hybridized carbons (Fsp3) is 0.630. The SMILES string of the molecule is CCC[C@@H](c1nnnn1C1CCCC1)N(CCN1CCOCC1)Cc1cc2cccc(C)c2[nH]c1=O. The molecule has 0 spiro atoms. The van der Waals surface area contributed by atoms with Crippen LogP contribution in [0.15, 0.2) is 29.1 Å². The van der Waals surface area contributed by atoms with Crippen LogP contribution in [0.25, 0.3) is 10.9 Å². The summed E-state index contributed by atoms with van der Waals surface area (Å²) in [5.41, 5.74) is 2.77. The molecule has 0 amide bonds. The molecule has 2 aromatic heterocycles. The predicted octanol–water partition coefficient (Wildman–Crippen LogP) is 3.61. The molecule has 1 saturated carbocycles. The summed E-state index contributed by atoms with van der Waals surface area (Å²) in [4.78, 5) is 21.2. The third-order valence-electron chi connectivity index (χ3n) is 7.84. The summed E-state index contributed by atoms with van der Waals surface area (Å²) < 4.78 is 7.64. The van der Waals surface area contributed by atoms with Crippen molar-refractivity contribution in [3.63, 3.8) is 0 Å². The van der Waals surface area contributed by atoms with Crippen molar-refractivity contribution < 1.29 is 4.74 Å². The third-order valence-corrected chi connectivity index (χ3v) is 7.84. The molecule has 0 radical (unpaired) electrons. The molecule has 1 N–H and O–H groups in total. The first kappa shape index (κ1) is 25.0. The number of aromatic amines is 1. The maximum atomic E-state index is 13.2. The molecule has 36 heavy (non-hydrogen) atoms. The molecule has 1 atom stereocenters. The third kappa shape index (κ3) is 5.53. The van der Waals surface area contributed by atoms with Gasteiger partial charge in [-0.2, -0.15) is 0 Å². The zero-order valence-electron chi connectivity index (χ0n) is 21.7. The molecule has 0 unspecified atom stereocenters. The van der Waals surface area contributed by atoms with Gasteiger partial charge in [0.2, 0.25) is 0 Å². The zero-order chi connectivity index (χ0) is 24.9. The Balaban J connectivity index is 1.47. The fourth-order valence-corrected chi connectivity index (χ4v) is 5.78. The standard InChI is InChI=1S/C27H39N7O2/c1-3-7-24(26-29-30-31-34(26)23-10-4-5-11-23)33(13-12-32-14-16-36-17-15-32)19-22-18-21-9-6-8-20(2)25(21)28-27(22)35/h6,8-9,18,23-24H,3-5,7,10-17,19H2,1-2H3,(H,28,35)/t24-/m0/s1. The van der Waals surface area contributed by atoms with Crippen LogP contribution in [0.3, 0.4) is 0 Å². The van der Waals surface area contributed by atoms with Gasteiger partial charge in [0.05, 0.1) is 30.8 Å². The topological polar surface area (TPSA) is 92.2 Å². The Hall–Kier alpha value is -2.62. The Morgan fingerprint density at radius 3 is 2.81 bits per heavy atom. The fourth-order valence-electron chi connectivity index (χ4n) is 5.78. The number of para-hydroxylation sites is 1. The number of hydrogen-bond acceptors (Lipinski definition) is 7. The first-order valence-electron chi connectivity index (χ1n) is 13.6. The minimum Gasteiger partial charge on any atom is -0.379 e. The first-order valence-corrected chi connectivity index (χ1v) is 13.6. The molecule has 1 aliphatic heterocycles. The number of rotatable bonds is 10. The number of fused-ring (bicyclic) bond motifs is 1. The highest BCUT2D eigenvalue weighted by atomic mass is 16.5. The van der Waals surface area contributed by atoms with Crippen LogP contribution < -0.4 is 5.56 Å². The van der Waals surface area contributed by atoms with Gasteiger partial charge >= 0.3 is 0 Å². The molecule has 9 nitrogen and oxygen atoms in total. The molecule has 5 rings (SSSR count). The number of nitrogens with zero attached hydrogens (tertiary/aromatic N) is 6. The van der Waals surface area contributed by atoms with E-state index in [0.29, 0.717) is 12.6 Å². The van der Waals surface area contributed by atoms with Crippen molar-refractivity contribution in [2.24, 2.45) is 0 Å². The average Bonchev–Trinajstić information content (AvgIpc) is 3.59. The summed E-state index contributed by atoms with van der Waals surface area (Å²) in [5.74, 6) is 0.943. The maximum Gasteiger partial charge on any atom is 0.252 e. The van der Waals surface area contributed by atoms with E-state index in [1.54, 1.807) is 0 Å². The van der Waals surface area contributed by atoms with Crippen LogP contribution in [-0.4, -0.2) is 74.4 Å². The second kappa shape index (κ2) is 11.6. The lowest BCUT2D eigenvalue weighted by Gasteiger charge is -2.34. The molecule has 2 aliphatic rings. The van der Waals surface area contributed by atoms with Crippen molar-refractivity contribution in [2.45, 2.75) is 71.0 Å². The number of pyridine rings is 1. The summed E-state index contributed by atoms with van der Waals surface area (Å²) in [5, 5.41) is 14.2. The molecular weight excluding hydrogens is 454 g/mol. The van der Waals surface area contributed by atoms with E-state index in [9.17, 15) is 4.79 Å². The predicted molar refractivity (Wildman–Crippen MR) is 140 cm³/mol. The second-order valence-corrected chi connectivity index (χ2v) is 10.3. The number of aryl methyl sites for hydroxylation is 1. The van der Waals surface area contributed by atoms with E-state index in [4.69, 9.17) is 4.74 Å². The largest absolute Gasteiger partial charge is 0.379 e. The van der Waals surface area contributed by atoms with E-state index in [2.05, 4.69) is 54.0 Å². The van der Waals surface area contributed by atoms with Crippen LogP contribution in [-0.2, 0) is 11.3 Å². The molecule has 0 bridgehead atoms. The summed E-state index contributed by atoms with van der Waals surface area (Å²) in [6.45, 7) is 10.0. The highest BCUT2D eigenvalue weighted by molar-refractivity contribution is 5.81. The number of morpholine rings is 1. The number of aromatic nitrogens is 5. The Labute approximate surface area is 212 Å². The molecule has 2 fully saturated rings. The van der Waals surface area contributed by atoms with Gasteiger partial charge in [0.25, 0.3) is 5.56 Å². The van der Waals surface area contributed by atoms with Crippen molar-refractivity contribution in [1.82, 2.24) is 35.0 Å². The van der Waals surface area contributed by atoms with Gasteiger partial charge in [-0.15, -0.1) is 5.10 Å². The molecule has 1 saturated heterocycles. The number of hydrogen-bond donors (Lipinski definition) is 1. The van der Waals surface area contributed by atoms with E-state index >= 15 is 0 Å². The minimum atomic E-state index is -0.0150. The number of tetrazole rings is 1. The lowest BCUT2D eigenvalue weighted by molar-refractivity contribution is 0.0288. The maximum absolute atomic E-state index is 13.2. The van der Waals surface area contributed by atoms with Crippen molar-refractivity contribution in [2.75, 3.05) is 39.4 Å². The van der Waals surface area contributed by atoms with Crippen LogP contribution in [0.1, 0.15) is 74.5 Å². The van der Waals surface area contributed by atoms with Crippen LogP contribution in [0.2, 0.25) is 0 Å². The van der Waals surface area contributed by atoms with Gasteiger partial charge in [-0.05, 0) is 53.6 Å². The Bertz CT molecular complexity index is 1190. The number of ether oxygens (including phenoxy) is 1. The van der Waals surface area contributed by atoms with Crippen LogP contribution in [0.4, 0.5) is 0 Å². The summed E-state index contributed by atoms with van der Waals surface area (Å²) in [6, 6.07) is 8.65. The van der Waals surface area contributed by atoms with E-state index in [1.807, 2.05) is 19.1 Å². The lowest BCUT2D eigenvalue weighted by Crippen LogP contribution is -2.43. The molecule has 1 aliphatic carbocycles. The molecule has 3 heterocycles. The van der Waals surface area contributed by atoms with E-state index in [-0.39, 0.29) is 11.6 Å². The van der Waals surface area contributed by atoms with Crippen molar-refractivity contribution in [3.05, 3.63) is 51.6 Å². The minimum absolute atomic E-state index is 0.0150. The van der Waals surface area contributed by atoms with Gasteiger partial charge in [0.15, 0.2) is 5.82 Å². The monoisotopic (exact) mass is 493 g/mol. The summed E-state index contributed by atoms with van der Waals surface area (Å²) in [7, 11) is 0. The molecule has 1 aromatic carbocycles. The second-order valence-electron chi connectivity index (χ2n) is 10.3. The average molecular weight is 494 g/mol. The van der Waals surface area contributed by atoms with Gasteiger partial charge < -0.3 is 9.72 Å². The van der Waals surface area contributed by atoms with Crippen molar-refractivity contribution in [1.29, 1.82) is 0 Å². The molecule has 3 aromatic rings. The zero-order valence-corrected chi connectivity index (χ0v) is 21.7. The molecular formula is C27H39N7O2. The molecule has 9 heteroatoms. The smallest absolute Gasteiger partial charge is 0.252 e. The van der Waals surface area contributed by atoms with Crippen LogP contribution in [0, 0.1) is 6.92 Å². The normalized spacial score (nSPS) is 18.4. The number of benzene rings is 1. The van der Waals surface area contributed by atoms with Gasteiger partial charge in [0.1, 0.15) is 0 Å². The summed E-state index contributed by atoms with van der Waals surface area (Å²) >= 11 is 0. The van der Waals surface area contributed by atoms with E-state index in [0.717, 1.165) is 92.9 Å².